The molecule has 1 aliphatic rings. The number of methoxy groups -OCH3 is 1. The van der Waals surface area contributed by atoms with Gasteiger partial charge in [-0.3, -0.25) is 10.2 Å². The number of carbonyl (C=O) groups is 1. The Bertz CT molecular complexity index is 1270. The number of amidine groups is 1. The Hall–Kier alpha value is -4.11. The fourth-order valence-corrected chi connectivity index (χ4v) is 4.23. The molecule has 8 nitrogen and oxygen atoms in total. The van der Waals surface area contributed by atoms with Crippen LogP contribution < -0.4 is 25.7 Å². The molecular weight excluding hydrogens is 424 g/mol. The standard InChI is InChI=1S/C23H20N6O2S/c1-15(30)24-17-9-7-16(8-10-17)22-26-28(18-11-13-19(31-2)14-12-18)29(27-22)23-25-20-5-3-4-6-21(20)32-23/h3-14H,1-2H3,(H,24,30)(H,26,27). The van der Waals surface area contributed by atoms with Crippen LogP contribution in [0, 0.1) is 0 Å². The average Bonchev–Trinajstić information content (AvgIpc) is 3.44. The summed E-state index contributed by atoms with van der Waals surface area (Å²) in [5, 5.41) is 11.9. The van der Waals surface area contributed by atoms with E-state index in [0.717, 1.165) is 38.0 Å². The number of hydrogen-bond donors (Lipinski definition) is 2. The Morgan fingerprint density at radius 3 is 2.47 bits per heavy atom. The second-order valence-electron chi connectivity index (χ2n) is 7.08. The monoisotopic (exact) mass is 444 g/mol. The molecule has 5 rings (SSSR count). The van der Waals surface area contributed by atoms with Crippen LogP contribution in [0.25, 0.3) is 10.2 Å². The van der Waals surface area contributed by atoms with Gasteiger partial charge in [0.25, 0.3) is 0 Å². The number of anilines is 3. The first-order chi connectivity index (χ1) is 15.6. The Morgan fingerprint density at radius 1 is 1.03 bits per heavy atom. The molecule has 0 aliphatic carbocycles. The minimum Gasteiger partial charge on any atom is -0.497 e. The predicted molar refractivity (Wildman–Crippen MR) is 128 cm³/mol. The van der Waals surface area contributed by atoms with Crippen LogP contribution in [0.3, 0.4) is 0 Å². The molecule has 0 unspecified atom stereocenters. The van der Waals surface area contributed by atoms with Crippen molar-refractivity contribution in [3.05, 3.63) is 78.4 Å². The molecule has 9 heteroatoms. The summed E-state index contributed by atoms with van der Waals surface area (Å²) in [4.78, 5) is 16.1. The van der Waals surface area contributed by atoms with Crippen LogP contribution >= 0.6 is 11.3 Å². The molecule has 4 aromatic rings. The number of thiazole rings is 1. The van der Waals surface area contributed by atoms with Crippen molar-refractivity contribution in [2.45, 2.75) is 6.92 Å². The molecule has 2 heterocycles. The van der Waals surface area contributed by atoms with E-state index in [4.69, 9.17) is 14.8 Å². The summed E-state index contributed by atoms with van der Waals surface area (Å²) in [5.74, 6) is 1.32. The van der Waals surface area contributed by atoms with Crippen molar-refractivity contribution in [1.82, 2.24) is 10.4 Å². The predicted octanol–water partition coefficient (Wildman–Crippen LogP) is 4.37. The Morgan fingerprint density at radius 2 is 1.78 bits per heavy atom. The van der Waals surface area contributed by atoms with E-state index in [2.05, 4.69) is 10.7 Å². The third-order valence-corrected chi connectivity index (χ3v) is 5.85. The smallest absolute Gasteiger partial charge is 0.228 e. The first-order valence-electron chi connectivity index (χ1n) is 9.94. The fourth-order valence-electron chi connectivity index (χ4n) is 3.31. The van der Waals surface area contributed by atoms with Gasteiger partial charge in [-0.05, 0) is 60.7 Å². The van der Waals surface area contributed by atoms with Gasteiger partial charge in [0.2, 0.25) is 11.0 Å². The zero-order chi connectivity index (χ0) is 22.1. The molecule has 0 spiro atoms. The van der Waals surface area contributed by atoms with Crippen LogP contribution in [0.15, 0.2) is 77.9 Å². The van der Waals surface area contributed by atoms with Crippen LogP contribution in [0.4, 0.5) is 16.5 Å². The molecule has 0 saturated carbocycles. The molecule has 0 fully saturated rings. The minimum absolute atomic E-state index is 0.109. The van der Waals surface area contributed by atoms with E-state index >= 15 is 0 Å². The highest BCUT2D eigenvalue weighted by atomic mass is 32.1. The van der Waals surface area contributed by atoms with Gasteiger partial charge in [0.05, 0.1) is 23.0 Å². The van der Waals surface area contributed by atoms with Gasteiger partial charge in [0.1, 0.15) is 5.75 Å². The van der Waals surface area contributed by atoms with Crippen molar-refractivity contribution in [2.24, 2.45) is 5.10 Å². The molecule has 32 heavy (non-hydrogen) atoms. The molecule has 2 N–H and O–H groups in total. The number of carbonyl (C=O) groups excluding carboxylic acids is 1. The number of hydrazone groups is 1. The summed E-state index contributed by atoms with van der Waals surface area (Å²) in [7, 11) is 1.64. The van der Waals surface area contributed by atoms with Gasteiger partial charge in [-0.1, -0.05) is 23.5 Å². The summed E-state index contributed by atoms with van der Waals surface area (Å²) in [5.41, 5.74) is 6.75. The van der Waals surface area contributed by atoms with Crippen molar-refractivity contribution in [3.63, 3.8) is 0 Å². The zero-order valence-corrected chi connectivity index (χ0v) is 18.3. The number of nitrogens with one attached hydrogen (secondary N) is 2. The highest BCUT2D eigenvalue weighted by molar-refractivity contribution is 7.22. The number of para-hydroxylation sites is 1. The summed E-state index contributed by atoms with van der Waals surface area (Å²) >= 11 is 1.57. The number of nitrogens with zero attached hydrogens (tertiary/aromatic N) is 4. The third-order valence-electron chi connectivity index (χ3n) is 4.84. The lowest BCUT2D eigenvalue weighted by molar-refractivity contribution is -0.114. The maximum atomic E-state index is 11.3. The molecule has 0 radical (unpaired) electrons. The molecular formula is C23H20N6O2S. The molecule has 1 aliphatic heterocycles. The SMILES string of the molecule is COc1ccc(N2N=C(c3ccc(NC(C)=O)cc3)NN2c2nc3ccccc3s2)cc1. The molecule has 0 bridgehead atoms. The van der Waals surface area contributed by atoms with Crippen molar-refractivity contribution >= 4 is 49.8 Å². The van der Waals surface area contributed by atoms with E-state index < -0.39 is 0 Å². The maximum Gasteiger partial charge on any atom is 0.228 e. The topological polar surface area (TPSA) is 82.1 Å². The quantitative estimate of drug-likeness (QED) is 0.476. The molecule has 0 atom stereocenters. The number of fused-ring (bicyclic) bond motifs is 1. The average molecular weight is 445 g/mol. The Labute approximate surface area is 188 Å². The first-order valence-corrected chi connectivity index (χ1v) is 10.8. The van der Waals surface area contributed by atoms with Gasteiger partial charge in [-0.15, -0.1) is 15.3 Å². The fraction of sp³-hybridized carbons (Fsp3) is 0.0870. The Balaban J connectivity index is 1.51. The minimum atomic E-state index is -0.109. The van der Waals surface area contributed by atoms with E-state index in [9.17, 15) is 4.79 Å². The van der Waals surface area contributed by atoms with Crippen LogP contribution in [0.5, 0.6) is 5.75 Å². The number of ether oxygens (including phenoxy) is 1. The molecule has 0 saturated heterocycles. The summed E-state index contributed by atoms with van der Waals surface area (Å²) in [6.45, 7) is 1.49. The lowest BCUT2D eigenvalue weighted by Gasteiger charge is -2.25. The summed E-state index contributed by atoms with van der Waals surface area (Å²) < 4.78 is 6.38. The van der Waals surface area contributed by atoms with E-state index in [1.807, 2.05) is 77.9 Å². The molecule has 3 aromatic carbocycles. The van der Waals surface area contributed by atoms with Gasteiger partial charge in [0.15, 0.2) is 5.84 Å². The second-order valence-corrected chi connectivity index (χ2v) is 8.09. The second kappa shape index (κ2) is 8.20. The number of benzene rings is 3. The number of hydrazine groups is 2. The number of amides is 1. The molecule has 1 aromatic heterocycles. The van der Waals surface area contributed by atoms with Gasteiger partial charge in [-0.25, -0.2) is 4.98 Å². The zero-order valence-electron chi connectivity index (χ0n) is 17.4. The first kappa shape index (κ1) is 19.8. The van der Waals surface area contributed by atoms with Crippen LogP contribution in [-0.4, -0.2) is 23.8 Å². The number of hydrogen-bond acceptors (Lipinski definition) is 8. The maximum absolute atomic E-state index is 11.3. The van der Waals surface area contributed by atoms with Gasteiger partial charge >= 0.3 is 0 Å². The number of rotatable bonds is 5. The highest BCUT2D eigenvalue weighted by Crippen LogP contribution is 2.33. The van der Waals surface area contributed by atoms with E-state index in [1.54, 1.807) is 23.6 Å². The van der Waals surface area contributed by atoms with Crippen molar-refractivity contribution < 1.29 is 9.53 Å². The third kappa shape index (κ3) is 3.81. The largest absolute Gasteiger partial charge is 0.497 e. The van der Waals surface area contributed by atoms with Gasteiger partial charge in [-0.2, -0.15) is 0 Å². The van der Waals surface area contributed by atoms with E-state index in [1.165, 1.54) is 6.92 Å². The van der Waals surface area contributed by atoms with Crippen molar-refractivity contribution in [2.75, 3.05) is 22.7 Å². The number of aromatic nitrogens is 1. The summed E-state index contributed by atoms with van der Waals surface area (Å²) in [6.07, 6.45) is 0. The highest BCUT2D eigenvalue weighted by Gasteiger charge is 2.29. The lowest BCUT2D eigenvalue weighted by Crippen LogP contribution is -2.44. The van der Waals surface area contributed by atoms with E-state index in [0.29, 0.717) is 5.84 Å². The van der Waals surface area contributed by atoms with E-state index in [-0.39, 0.29) is 5.91 Å². The summed E-state index contributed by atoms with van der Waals surface area (Å²) in [6, 6.07) is 23.2. The normalized spacial score (nSPS) is 13.1. The molecule has 1 amide bonds. The van der Waals surface area contributed by atoms with Gasteiger partial charge in [0, 0.05) is 18.2 Å². The van der Waals surface area contributed by atoms with Gasteiger partial charge < -0.3 is 10.1 Å². The van der Waals surface area contributed by atoms with Crippen LogP contribution in [0.2, 0.25) is 0 Å². The van der Waals surface area contributed by atoms with Crippen molar-refractivity contribution in [3.8, 4) is 5.75 Å². The van der Waals surface area contributed by atoms with Crippen LogP contribution in [-0.2, 0) is 4.79 Å². The van der Waals surface area contributed by atoms with Crippen molar-refractivity contribution in [1.29, 1.82) is 0 Å². The lowest BCUT2D eigenvalue weighted by atomic mass is 10.2. The molecule has 160 valence electrons. The Kier molecular flexibility index (Phi) is 5.08. The van der Waals surface area contributed by atoms with Crippen LogP contribution in [0.1, 0.15) is 12.5 Å².